The molecule has 0 bridgehead atoms. The van der Waals surface area contributed by atoms with Gasteiger partial charge in [-0.05, 0) is 42.0 Å². The van der Waals surface area contributed by atoms with Crippen molar-refractivity contribution in [2.24, 2.45) is 0 Å². The minimum Gasteiger partial charge on any atom is -0.354 e. The van der Waals surface area contributed by atoms with Gasteiger partial charge in [-0.25, -0.2) is 0 Å². The van der Waals surface area contributed by atoms with E-state index in [0.29, 0.717) is 5.56 Å². The second-order valence-corrected chi connectivity index (χ2v) is 6.07. The summed E-state index contributed by atoms with van der Waals surface area (Å²) in [7, 11) is 0. The molecule has 2 heterocycles. The molecule has 0 amide bonds. The Balaban J connectivity index is 1.60. The quantitative estimate of drug-likeness (QED) is 0.480. The SMILES string of the molecule is FC(F)(F)c1ccc(-c2cncc(Nc3ccc4cccnc4c3)c2)cc1. The smallest absolute Gasteiger partial charge is 0.354 e. The van der Waals surface area contributed by atoms with Crippen LogP contribution in [0.3, 0.4) is 0 Å². The number of benzene rings is 2. The number of anilines is 2. The number of pyridine rings is 2. The highest BCUT2D eigenvalue weighted by Gasteiger charge is 2.29. The van der Waals surface area contributed by atoms with Gasteiger partial charge in [0.2, 0.25) is 0 Å². The van der Waals surface area contributed by atoms with Gasteiger partial charge in [0.1, 0.15) is 0 Å². The van der Waals surface area contributed by atoms with Gasteiger partial charge in [-0.15, -0.1) is 0 Å². The van der Waals surface area contributed by atoms with Gasteiger partial charge < -0.3 is 5.32 Å². The summed E-state index contributed by atoms with van der Waals surface area (Å²) in [6.07, 6.45) is 0.676. The molecule has 0 atom stereocenters. The third-order valence-corrected chi connectivity index (χ3v) is 4.18. The first-order valence-corrected chi connectivity index (χ1v) is 8.23. The lowest BCUT2D eigenvalue weighted by molar-refractivity contribution is -0.137. The van der Waals surface area contributed by atoms with Crippen LogP contribution in [-0.4, -0.2) is 9.97 Å². The molecule has 0 radical (unpaired) electrons. The van der Waals surface area contributed by atoms with E-state index in [-0.39, 0.29) is 0 Å². The number of rotatable bonds is 3. The van der Waals surface area contributed by atoms with Gasteiger partial charge in [-0.2, -0.15) is 13.2 Å². The second-order valence-electron chi connectivity index (χ2n) is 6.07. The maximum absolute atomic E-state index is 12.7. The zero-order chi connectivity index (χ0) is 18.9. The van der Waals surface area contributed by atoms with E-state index >= 15 is 0 Å². The summed E-state index contributed by atoms with van der Waals surface area (Å²) < 4.78 is 38.1. The van der Waals surface area contributed by atoms with Gasteiger partial charge in [-0.1, -0.05) is 24.3 Å². The van der Waals surface area contributed by atoms with Crippen LogP contribution in [0.4, 0.5) is 24.5 Å². The molecule has 4 rings (SSSR count). The third-order valence-electron chi connectivity index (χ3n) is 4.18. The van der Waals surface area contributed by atoms with Gasteiger partial charge in [0.25, 0.3) is 0 Å². The van der Waals surface area contributed by atoms with Crippen LogP contribution >= 0.6 is 0 Å². The van der Waals surface area contributed by atoms with Crippen LogP contribution in [-0.2, 0) is 6.18 Å². The molecule has 2 aromatic carbocycles. The number of halogens is 3. The summed E-state index contributed by atoms with van der Waals surface area (Å²) >= 11 is 0. The van der Waals surface area contributed by atoms with Crippen LogP contribution < -0.4 is 5.32 Å². The fraction of sp³-hybridized carbons (Fsp3) is 0.0476. The maximum Gasteiger partial charge on any atom is 0.416 e. The molecule has 0 saturated carbocycles. The van der Waals surface area contributed by atoms with E-state index in [1.54, 1.807) is 18.6 Å². The number of hydrogen-bond acceptors (Lipinski definition) is 3. The van der Waals surface area contributed by atoms with Crippen LogP contribution in [0, 0.1) is 0 Å². The van der Waals surface area contributed by atoms with Crippen molar-refractivity contribution in [1.82, 2.24) is 9.97 Å². The zero-order valence-electron chi connectivity index (χ0n) is 14.0. The average Bonchev–Trinajstić information content (AvgIpc) is 2.68. The Morgan fingerprint density at radius 2 is 1.59 bits per heavy atom. The molecule has 0 saturated heterocycles. The third kappa shape index (κ3) is 3.74. The minimum atomic E-state index is -4.34. The molecule has 134 valence electrons. The van der Waals surface area contributed by atoms with Crippen molar-refractivity contribution in [3.8, 4) is 11.1 Å². The van der Waals surface area contributed by atoms with Gasteiger partial charge in [0, 0.05) is 29.0 Å². The Kier molecular flexibility index (Phi) is 4.24. The van der Waals surface area contributed by atoms with Crippen LogP contribution in [0.25, 0.3) is 22.0 Å². The van der Waals surface area contributed by atoms with Crippen LogP contribution in [0.2, 0.25) is 0 Å². The predicted molar refractivity (Wildman–Crippen MR) is 99.7 cm³/mol. The van der Waals surface area contributed by atoms with E-state index in [1.165, 1.54) is 12.1 Å². The molecular formula is C21H14F3N3. The molecule has 2 aromatic heterocycles. The molecule has 27 heavy (non-hydrogen) atoms. The van der Waals surface area contributed by atoms with E-state index in [4.69, 9.17) is 0 Å². The van der Waals surface area contributed by atoms with E-state index in [2.05, 4.69) is 15.3 Å². The standard InChI is InChI=1S/C21H14F3N3/c22-21(23,24)17-6-3-14(4-7-17)16-10-19(13-25-12-16)27-18-8-5-15-2-1-9-26-20(15)11-18/h1-13,27H. The predicted octanol–water partition coefficient (Wildman–Crippen LogP) is 6.06. The van der Waals surface area contributed by atoms with Crippen molar-refractivity contribution in [3.63, 3.8) is 0 Å². The molecule has 0 aliphatic heterocycles. The normalized spacial score (nSPS) is 11.5. The Morgan fingerprint density at radius 1 is 0.778 bits per heavy atom. The fourth-order valence-corrected chi connectivity index (χ4v) is 2.83. The van der Waals surface area contributed by atoms with E-state index < -0.39 is 11.7 Å². The first-order valence-electron chi connectivity index (χ1n) is 8.23. The highest BCUT2D eigenvalue weighted by Crippen LogP contribution is 2.31. The number of aromatic nitrogens is 2. The molecule has 4 aromatic rings. The molecular weight excluding hydrogens is 351 g/mol. The van der Waals surface area contributed by atoms with Crippen LogP contribution in [0.15, 0.2) is 79.3 Å². The van der Waals surface area contributed by atoms with Crippen molar-refractivity contribution < 1.29 is 13.2 Å². The number of fused-ring (bicyclic) bond motifs is 1. The maximum atomic E-state index is 12.7. The van der Waals surface area contributed by atoms with Crippen molar-refractivity contribution in [3.05, 3.63) is 84.8 Å². The Labute approximate surface area is 153 Å². The zero-order valence-corrected chi connectivity index (χ0v) is 14.0. The molecule has 0 aliphatic carbocycles. The largest absolute Gasteiger partial charge is 0.416 e. The summed E-state index contributed by atoms with van der Waals surface area (Å²) in [5, 5.41) is 4.30. The minimum absolute atomic E-state index is 0.666. The van der Waals surface area contributed by atoms with Gasteiger partial charge >= 0.3 is 6.18 Å². The van der Waals surface area contributed by atoms with Gasteiger partial charge in [0.05, 0.1) is 23.0 Å². The first kappa shape index (κ1) is 17.0. The van der Waals surface area contributed by atoms with Crippen molar-refractivity contribution in [2.75, 3.05) is 5.32 Å². The molecule has 3 nitrogen and oxygen atoms in total. The molecule has 6 heteroatoms. The number of hydrogen-bond donors (Lipinski definition) is 1. The molecule has 0 spiro atoms. The Morgan fingerprint density at radius 3 is 2.37 bits per heavy atom. The first-order chi connectivity index (χ1) is 13.0. The summed E-state index contributed by atoms with van der Waals surface area (Å²) in [6, 6.07) is 16.6. The van der Waals surface area contributed by atoms with E-state index in [9.17, 15) is 13.2 Å². The van der Waals surface area contributed by atoms with E-state index in [1.807, 2.05) is 36.4 Å². The topological polar surface area (TPSA) is 37.8 Å². The lowest BCUT2D eigenvalue weighted by Crippen LogP contribution is -2.04. The lowest BCUT2D eigenvalue weighted by Gasteiger charge is -2.10. The van der Waals surface area contributed by atoms with Crippen LogP contribution in [0.5, 0.6) is 0 Å². The van der Waals surface area contributed by atoms with Crippen molar-refractivity contribution in [2.45, 2.75) is 6.18 Å². The van der Waals surface area contributed by atoms with Gasteiger partial charge in [-0.3, -0.25) is 9.97 Å². The number of nitrogens with zero attached hydrogens (tertiary/aromatic N) is 2. The number of nitrogens with one attached hydrogen (secondary N) is 1. The molecule has 0 unspecified atom stereocenters. The fourth-order valence-electron chi connectivity index (χ4n) is 2.83. The number of alkyl halides is 3. The highest BCUT2D eigenvalue weighted by molar-refractivity contribution is 5.83. The monoisotopic (exact) mass is 365 g/mol. The second kappa shape index (κ2) is 6.72. The molecule has 0 aliphatic rings. The summed E-state index contributed by atoms with van der Waals surface area (Å²) in [5.74, 6) is 0. The Hall–Kier alpha value is -3.41. The lowest BCUT2D eigenvalue weighted by atomic mass is 10.1. The van der Waals surface area contributed by atoms with Crippen molar-refractivity contribution in [1.29, 1.82) is 0 Å². The van der Waals surface area contributed by atoms with Crippen LogP contribution in [0.1, 0.15) is 5.56 Å². The summed E-state index contributed by atoms with van der Waals surface area (Å²) in [6.45, 7) is 0. The van der Waals surface area contributed by atoms with Crippen molar-refractivity contribution >= 4 is 22.3 Å². The molecule has 0 fully saturated rings. The summed E-state index contributed by atoms with van der Waals surface area (Å²) in [5.41, 5.74) is 3.19. The Bertz CT molecular complexity index is 1090. The van der Waals surface area contributed by atoms with Gasteiger partial charge in [0.15, 0.2) is 0 Å². The van der Waals surface area contributed by atoms with E-state index in [0.717, 1.165) is 40.0 Å². The highest BCUT2D eigenvalue weighted by atomic mass is 19.4. The molecule has 1 N–H and O–H groups in total. The average molecular weight is 365 g/mol. The summed E-state index contributed by atoms with van der Waals surface area (Å²) in [4.78, 5) is 8.52.